The van der Waals surface area contributed by atoms with E-state index in [0.29, 0.717) is 0 Å². The Morgan fingerprint density at radius 3 is 2.03 bits per heavy atom. The third-order valence-electron chi connectivity index (χ3n) is 5.07. The van der Waals surface area contributed by atoms with Crippen LogP contribution in [-0.4, -0.2) is 56.0 Å². The zero-order chi connectivity index (χ0) is 24.1. The van der Waals surface area contributed by atoms with Crippen LogP contribution in [0.4, 0.5) is 17.6 Å². The van der Waals surface area contributed by atoms with Gasteiger partial charge in [0, 0.05) is 17.9 Å². The maximum atomic E-state index is 14.1. The number of hydrogen-bond donors (Lipinski definition) is 1. The van der Waals surface area contributed by atoms with Gasteiger partial charge in [-0.05, 0) is 31.5 Å². The number of rotatable bonds is 7. The maximum absolute atomic E-state index is 14.1. The van der Waals surface area contributed by atoms with Crippen LogP contribution >= 0.6 is 0 Å². The predicted molar refractivity (Wildman–Crippen MR) is 103 cm³/mol. The molecule has 0 bridgehead atoms. The Kier molecular flexibility index (Phi) is 8.00. The first-order valence-corrected chi connectivity index (χ1v) is 9.73. The number of carbonyl (C=O) groups is 3. The van der Waals surface area contributed by atoms with E-state index in [4.69, 9.17) is 9.47 Å². The van der Waals surface area contributed by atoms with Crippen LogP contribution in [0.5, 0.6) is 0 Å². The quantitative estimate of drug-likeness (QED) is 0.220. The fraction of sp³-hybridized carbons (Fsp3) is 0.476. The van der Waals surface area contributed by atoms with Crippen LogP contribution in [-0.2, 0) is 28.6 Å². The van der Waals surface area contributed by atoms with E-state index in [1.165, 1.54) is 13.8 Å². The van der Waals surface area contributed by atoms with E-state index in [1.807, 2.05) is 0 Å². The van der Waals surface area contributed by atoms with Crippen LogP contribution in [0.1, 0.15) is 25.3 Å². The van der Waals surface area contributed by atoms with Gasteiger partial charge in [-0.25, -0.2) is 18.8 Å². The van der Waals surface area contributed by atoms with Crippen molar-refractivity contribution in [3.63, 3.8) is 0 Å². The topological polar surface area (TPSA) is 90.9 Å². The molecular weight excluding hydrogens is 438 g/mol. The van der Waals surface area contributed by atoms with Gasteiger partial charge in [0.2, 0.25) is 5.54 Å². The van der Waals surface area contributed by atoms with Crippen molar-refractivity contribution >= 4 is 17.9 Å². The Morgan fingerprint density at radius 2 is 1.59 bits per heavy atom. The number of halogens is 4. The lowest BCUT2D eigenvalue weighted by Crippen LogP contribution is -2.62. The predicted octanol–water partition coefficient (Wildman–Crippen LogP) is 2.65. The van der Waals surface area contributed by atoms with Crippen molar-refractivity contribution in [1.29, 1.82) is 0 Å². The number of methoxy groups -OCH3 is 1. The van der Waals surface area contributed by atoms with Crippen molar-refractivity contribution in [2.75, 3.05) is 20.3 Å². The summed E-state index contributed by atoms with van der Waals surface area (Å²) in [4.78, 5) is 37.6. The van der Waals surface area contributed by atoms with Crippen molar-refractivity contribution in [2.45, 2.75) is 37.5 Å². The smallest absolute Gasteiger partial charge is 0.404 e. The molecule has 3 atom stereocenters. The van der Waals surface area contributed by atoms with Crippen LogP contribution in [0.2, 0.25) is 0 Å². The number of nitrogens with one attached hydrogen (secondary N) is 1. The second-order valence-corrected chi connectivity index (χ2v) is 6.90. The summed E-state index contributed by atoms with van der Waals surface area (Å²) in [6.07, 6.45) is -3.14. The molecule has 0 aromatic heterocycles. The number of esters is 3. The highest BCUT2D eigenvalue weighted by atomic mass is 19.4. The molecule has 0 unspecified atom stereocenters. The molecule has 0 aliphatic carbocycles. The van der Waals surface area contributed by atoms with E-state index < -0.39 is 53.3 Å². The van der Waals surface area contributed by atoms with Gasteiger partial charge < -0.3 is 14.2 Å². The molecular formula is C21H23F4NO6. The summed E-state index contributed by atoms with van der Waals surface area (Å²) in [7, 11) is 1.06. The molecule has 176 valence electrons. The number of hydrogen-bond acceptors (Lipinski definition) is 7. The van der Waals surface area contributed by atoms with Gasteiger partial charge in [-0.3, -0.25) is 5.32 Å². The first-order chi connectivity index (χ1) is 15.0. The Labute approximate surface area is 181 Å². The van der Waals surface area contributed by atoms with Gasteiger partial charge in [0.25, 0.3) is 0 Å². The first-order valence-electron chi connectivity index (χ1n) is 9.73. The molecule has 32 heavy (non-hydrogen) atoms. The highest BCUT2D eigenvalue weighted by molar-refractivity contribution is 6.06. The Hall–Kier alpha value is -2.95. The summed E-state index contributed by atoms with van der Waals surface area (Å²) in [5.74, 6) is -7.39. The van der Waals surface area contributed by atoms with E-state index in [2.05, 4.69) is 10.1 Å². The van der Waals surface area contributed by atoms with Gasteiger partial charge >= 0.3 is 24.1 Å². The van der Waals surface area contributed by atoms with Gasteiger partial charge in [-0.1, -0.05) is 18.2 Å². The Balaban J connectivity index is 2.80. The second kappa shape index (κ2) is 10.1. The normalized spacial score (nSPS) is 22.5. The SMILES string of the molecule is CCOC(=O)C1(C(=O)OCC)N[C@@H](C(F)(F)F)[C@H](c2ccc(F)cc2)[C@H]1/C=C/C(=O)OC. The molecule has 1 saturated heterocycles. The molecule has 1 aromatic carbocycles. The molecule has 2 rings (SSSR count). The maximum Gasteiger partial charge on any atom is 0.404 e. The minimum absolute atomic E-state index is 0.0174. The fourth-order valence-electron chi connectivity index (χ4n) is 3.76. The van der Waals surface area contributed by atoms with Gasteiger partial charge in [-0.2, -0.15) is 13.2 Å². The van der Waals surface area contributed by atoms with E-state index in [9.17, 15) is 31.9 Å². The van der Waals surface area contributed by atoms with E-state index in [0.717, 1.165) is 43.5 Å². The zero-order valence-corrected chi connectivity index (χ0v) is 17.6. The minimum atomic E-state index is -4.93. The van der Waals surface area contributed by atoms with Crippen LogP contribution in [0, 0.1) is 11.7 Å². The van der Waals surface area contributed by atoms with Crippen LogP contribution < -0.4 is 5.32 Å². The van der Waals surface area contributed by atoms with Gasteiger partial charge in [0.15, 0.2) is 0 Å². The molecule has 1 N–H and O–H groups in total. The third-order valence-corrected chi connectivity index (χ3v) is 5.07. The highest BCUT2D eigenvalue weighted by Gasteiger charge is 2.68. The molecule has 0 spiro atoms. The lowest BCUT2D eigenvalue weighted by Gasteiger charge is -2.30. The summed E-state index contributed by atoms with van der Waals surface area (Å²) >= 11 is 0. The number of ether oxygens (including phenoxy) is 3. The molecule has 7 nitrogen and oxygen atoms in total. The summed E-state index contributed by atoms with van der Waals surface area (Å²) in [6, 6.07) is 1.73. The summed E-state index contributed by atoms with van der Waals surface area (Å²) in [6.45, 7) is 2.38. The summed E-state index contributed by atoms with van der Waals surface area (Å²) in [5, 5.41) is 2.10. The highest BCUT2D eigenvalue weighted by Crippen LogP contribution is 2.49. The standard InChI is InChI=1S/C21H23F4NO6/c1-4-31-18(28)20(19(29)32-5-2)14(10-11-15(27)30-3)16(17(26-20)21(23,24)25)12-6-8-13(22)9-7-12/h6-11,14,16-17,26H,4-5H2,1-3H3/b11-10+/t14-,16-,17-/m1/s1. The number of benzene rings is 1. The third kappa shape index (κ3) is 4.93. The molecule has 0 amide bonds. The summed E-state index contributed by atoms with van der Waals surface area (Å²) < 4.78 is 70.1. The van der Waals surface area contributed by atoms with Crippen LogP contribution in [0.15, 0.2) is 36.4 Å². The second-order valence-electron chi connectivity index (χ2n) is 6.90. The van der Waals surface area contributed by atoms with E-state index in [1.54, 1.807) is 0 Å². The average Bonchev–Trinajstić information content (AvgIpc) is 3.09. The minimum Gasteiger partial charge on any atom is -0.466 e. The molecule has 0 radical (unpaired) electrons. The number of carbonyl (C=O) groups excluding carboxylic acids is 3. The van der Waals surface area contributed by atoms with Gasteiger partial charge in [-0.15, -0.1) is 0 Å². The van der Waals surface area contributed by atoms with E-state index >= 15 is 0 Å². The Bertz CT molecular complexity index is 850. The molecule has 0 saturated carbocycles. The van der Waals surface area contributed by atoms with E-state index in [-0.39, 0.29) is 18.8 Å². The monoisotopic (exact) mass is 461 g/mol. The van der Waals surface area contributed by atoms with Crippen molar-refractivity contribution in [3.05, 3.63) is 47.8 Å². The zero-order valence-electron chi connectivity index (χ0n) is 17.6. The van der Waals surface area contributed by atoms with Gasteiger partial charge in [0.1, 0.15) is 11.9 Å². The molecule has 1 aliphatic heterocycles. The molecule has 1 aromatic rings. The first kappa shape index (κ1) is 25.3. The molecule has 1 heterocycles. The molecule has 1 aliphatic rings. The van der Waals surface area contributed by atoms with Crippen LogP contribution in [0.3, 0.4) is 0 Å². The van der Waals surface area contributed by atoms with Crippen molar-refractivity contribution < 1.29 is 46.2 Å². The van der Waals surface area contributed by atoms with Crippen molar-refractivity contribution in [3.8, 4) is 0 Å². The Morgan fingerprint density at radius 1 is 1.06 bits per heavy atom. The van der Waals surface area contributed by atoms with Gasteiger partial charge in [0.05, 0.1) is 20.3 Å². The lowest BCUT2D eigenvalue weighted by molar-refractivity contribution is -0.171. The average molecular weight is 461 g/mol. The number of alkyl halides is 3. The van der Waals surface area contributed by atoms with Crippen molar-refractivity contribution in [1.82, 2.24) is 5.32 Å². The van der Waals surface area contributed by atoms with Crippen LogP contribution in [0.25, 0.3) is 0 Å². The van der Waals surface area contributed by atoms with Crippen molar-refractivity contribution in [2.24, 2.45) is 5.92 Å². The fourth-order valence-corrected chi connectivity index (χ4v) is 3.76. The molecule has 1 fully saturated rings. The lowest BCUT2D eigenvalue weighted by atomic mass is 9.75. The largest absolute Gasteiger partial charge is 0.466 e. The molecule has 11 heteroatoms. The summed E-state index contributed by atoms with van der Waals surface area (Å²) in [5.41, 5.74) is -2.63.